The number of nitrogens with zero attached hydrogens (tertiary/aromatic N) is 4. The first kappa shape index (κ1) is 25.2. The normalized spacial score (nSPS) is 11.8. The van der Waals surface area contributed by atoms with Gasteiger partial charge in [-0.2, -0.15) is 10.2 Å². The molecule has 5 rings (SSSR count). The third-order valence-electron chi connectivity index (χ3n) is 6.30. The third-order valence-corrected chi connectivity index (χ3v) is 6.67. The van der Waals surface area contributed by atoms with E-state index in [-0.39, 0.29) is 31.1 Å². The minimum atomic E-state index is -0.580. The van der Waals surface area contributed by atoms with Gasteiger partial charge in [-0.15, -0.1) is 11.6 Å². The van der Waals surface area contributed by atoms with E-state index in [1.54, 1.807) is 15.8 Å². The van der Waals surface area contributed by atoms with E-state index in [1.165, 1.54) is 6.20 Å². The molecule has 0 fully saturated rings. The topological polar surface area (TPSA) is 93.1 Å². The zero-order valence-corrected chi connectivity index (χ0v) is 21.5. The lowest BCUT2D eigenvalue weighted by Gasteiger charge is -2.25. The average Bonchev–Trinajstić information content (AvgIpc) is 3.33. The van der Waals surface area contributed by atoms with Crippen LogP contribution in [0, 0.1) is 0 Å². The summed E-state index contributed by atoms with van der Waals surface area (Å²) in [6.07, 6.45) is 3.13. The van der Waals surface area contributed by atoms with Gasteiger partial charge < -0.3 is 9.64 Å². The number of alkyl halides is 1. The highest BCUT2D eigenvalue weighted by molar-refractivity contribution is 6.22. The summed E-state index contributed by atoms with van der Waals surface area (Å²) >= 11 is 6.91. The summed E-state index contributed by atoms with van der Waals surface area (Å²) in [4.78, 5) is 28.5. The van der Waals surface area contributed by atoms with Crippen LogP contribution in [0.4, 0.5) is 0 Å². The number of ether oxygens (including phenoxy) is 1. The SMILES string of the molecule is Cn1ncc2c(C(Cl)CN(Cc3ccccc3)C(=O)c3n[nH]cc(OCc4ccccc4)c3=O)cccc21. The Balaban J connectivity index is 1.43. The van der Waals surface area contributed by atoms with Crippen LogP contribution in [0.2, 0.25) is 0 Å². The summed E-state index contributed by atoms with van der Waals surface area (Å²) in [7, 11) is 1.87. The zero-order valence-electron chi connectivity index (χ0n) is 20.8. The maximum atomic E-state index is 13.7. The molecular weight excluding hydrogens is 502 g/mol. The maximum Gasteiger partial charge on any atom is 0.278 e. The van der Waals surface area contributed by atoms with Crippen LogP contribution >= 0.6 is 11.6 Å². The first-order valence-corrected chi connectivity index (χ1v) is 12.6. The van der Waals surface area contributed by atoms with E-state index in [2.05, 4.69) is 15.3 Å². The van der Waals surface area contributed by atoms with Crippen LogP contribution in [0.5, 0.6) is 5.75 Å². The fourth-order valence-corrected chi connectivity index (χ4v) is 4.67. The van der Waals surface area contributed by atoms with Gasteiger partial charge >= 0.3 is 0 Å². The van der Waals surface area contributed by atoms with Gasteiger partial charge in [-0.05, 0) is 22.8 Å². The van der Waals surface area contributed by atoms with Crippen LogP contribution in [-0.2, 0) is 20.2 Å². The second kappa shape index (κ2) is 11.3. The van der Waals surface area contributed by atoms with Crippen molar-refractivity contribution in [2.75, 3.05) is 6.54 Å². The molecule has 8 nitrogen and oxygen atoms in total. The number of aromatic amines is 1. The molecule has 1 N–H and O–H groups in total. The maximum absolute atomic E-state index is 13.7. The van der Waals surface area contributed by atoms with Gasteiger partial charge in [0.05, 0.1) is 23.3 Å². The predicted molar refractivity (Wildman–Crippen MR) is 146 cm³/mol. The van der Waals surface area contributed by atoms with E-state index in [9.17, 15) is 9.59 Å². The monoisotopic (exact) mass is 527 g/mol. The number of amides is 1. The molecule has 0 saturated heterocycles. The number of carbonyl (C=O) groups excluding carboxylic acids is 1. The molecule has 0 aliphatic carbocycles. The number of nitrogens with one attached hydrogen (secondary N) is 1. The van der Waals surface area contributed by atoms with E-state index in [0.717, 1.165) is 27.6 Å². The molecule has 1 atom stereocenters. The highest BCUT2D eigenvalue weighted by Crippen LogP contribution is 2.30. The number of aromatic nitrogens is 4. The van der Waals surface area contributed by atoms with Gasteiger partial charge in [0.15, 0.2) is 11.4 Å². The van der Waals surface area contributed by atoms with E-state index in [0.29, 0.717) is 0 Å². The van der Waals surface area contributed by atoms with Crippen molar-refractivity contribution in [2.24, 2.45) is 7.05 Å². The number of aryl methyl sites for hydroxylation is 1. The van der Waals surface area contributed by atoms with E-state index in [4.69, 9.17) is 16.3 Å². The molecule has 2 heterocycles. The molecule has 38 heavy (non-hydrogen) atoms. The van der Waals surface area contributed by atoms with Gasteiger partial charge in [0, 0.05) is 25.5 Å². The Morgan fingerprint density at radius 2 is 1.74 bits per heavy atom. The molecule has 3 aromatic carbocycles. The molecule has 0 bridgehead atoms. The van der Waals surface area contributed by atoms with Crippen molar-refractivity contribution >= 4 is 28.4 Å². The van der Waals surface area contributed by atoms with Gasteiger partial charge in [0.2, 0.25) is 0 Å². The van der Waals surface area contributed by atoms with Crippen molar-refractivity contribution in [3.8, 4) is 5.75 Å². The molecular formula is C29H26ClN5O3. The summed E-state index contributed by atoms with van der Waals surface area (Å²) in [6, 6.07) is 24.8. The summed E-state index contributed by atoms with van der Waals surface area (Å²) in [5.74, 6) is -0.515. The van der Waals surface area contributed by atoms with Crippen molar-refractivity contribution in [2.45, 2.75) is 18.5 Å². The van der Waals surface area contributed by atoms with Gasteiger partial charge in [0.25, 0.3) is 11.3 Å². The number of fused-ring (bicyclic) bond motifs is 1. The number of rotatable bonds is 9. The summed E-state index contributed by atoms with van der Waals surface area (Å²) in [6.45, 7) is 0.593. The van der Waals surface area contributed by atoms with Crippen LogP contribution in [0.25, 0.3) is 10.9 Å². The lowest BCUT2D eigenvalue weighted by Crippen LogP contribution is -2.37. The molecule has 192 valence electrons. The van der Waals surface area contributed by atoms with Gasteiger partial charge in [-0.25, -0.2) is 0 Å². The molecule has 2 aromatic heterocycles. The Morgan fingerprint density at radius 3 is 2.47 bits per heavy atom. The van der Waals surface area contributed by atoms with E-state index in [1.807, 2.05) is 85.9 Å². The molecule has 0 aliphatic heterocycles. The van der Waals surface area contributed by atoms with Gasteiger partial charge in [0.1, 0.15) is 6.61 Å². The lowest BCUT2D eigenvalue weighted by atomic mass is 10.1. The first-order valence-electron chi connectivity index (χ1n) is 12.1. The molecule has 1 unspecified atom stereocenters. The minimum Gasteiger partial charge on any atom is -0.483 e. The van der Waals surface area contributed by atoms with Gasteiger partial charge in [-0.1, -0.05) is 72.8 Å². The predicted octanol–water partition coefficient (Wildman–Crippen LogP) is 4.86. The number of carbonyl (C=O) groups is 1. The smallest absolute Gasteiger partial charge is 0.278 e. The molecule has 5 aromatic rings. The highest BCUT2D eigenvalue weighted by atomic mass is 35.5. The Hall–Kier alpha value is -4.43. The molecule has 1 amide bonds. The van der Waals surface area contributed by atoms with Crippen molar-refractivity contribution in [1.82, 2.24) is 24.9 Å². The highest BCUT2D eigenvalue weighted by Gasteiger charge is 2.26. The summed E-state index contributed by atoms with van der Waals surface area (Å²) in [5.41, 5.74) is 2.76. The quantitative estimate of drug-likeness (QED) is 0.276. The van der Waals surface area contributed by atoms with Crippen LogP contribution in [0.1, 0.15) is 32.6 Å². The first-order chi connectivity index (χ1) is 18.5. The second-order valence-electron chi connectivity index (χ2n) is 8.89. The Kier molecular flexibility index (Phi) is 7.51. The number of hydrogen-bond acceptors (Lipinski definition) is 5. The summed E-state index contributed by atoms with van der Waals surface area (Å²) in [5, 5.41) is 11.4. The Labute approximate surface area is 224 Å². The molecule has 0 saturated carbocycles. The Morgan fingerprint density at radius 1 is 1.03 bits per heavy atom. The standard InChI is InChI=1S/C29H26ClN5O3/c1-34-25-14-8-13-22(23(25)15-32-34)24(30)18-35(17-20-9-4-2-5-10-20)29(37)27-28(36)26(16-31-33-27)38-19-21-11-6-3-7-12-21/h2-16,24H,17-19H2,1H3,(H,31,36). The van der Waals surface area contributed by atoms with Gasteiger partial charge in [-0.3, -0.25) is 19.4 Å². The zero-order chi connectivity index (χ0) is 26.5. The minimum absolute atomic E-state index is 0.0226. The number of H-pyrrole nitrogens is 1. The van der Waals surface area contributed by atoms with Crippen molar-refractivity contribution in [3.63, 3.8) is 0 Å². The summed E-state index contributed by atoms with van der Waals surface area (Å²) < 4.78 is 7.50. The lowest BCUT2D eigenvalue weighted by molar-refractivity contribution is 0.0733. The fourth-order valence-electron chi connectivity index (χ4n) is 4.31. The second-order valence-corrected chi connectivity index (χ2v) is 9.42. The number of benzene rings is 3. The largest absolute Gasteiger partial charge is 0.483 e. The average molecular weight is 528 g/mol. The molecule has 0 aliphatic rings. The molecule has 0 radical (unpaired) electrons. The van der Waals surface area contributed by atoms with Crippen LogP contribution in [0.15, 0.2) is 96.1 Å². The van der Waals surface area contributed by atoms with E-state index >= 15 is 0 Å². The Bertz CT molecular complexity index is 1600. The third kappa shape index (κ3) is 5.45. The number of halogens is 1. The fraction of sp³-hybridized carbons (Fsp3) is 0.172. The molecule has 0 spiro atoms. The molecule has 9 heteroatoms. The van der Waals surface area contributed by atoms with Crippen molar-refractivity contribution in [1.29, 1.82) is 0 Å². The van der Waals surface area contributed by atoms with Crippen molar-refractivity contribution in [3.05, 3.63) is 124 Å². The van der Waals surface area contributed by atoms with Crippen LogP contribution < -0.4 is 10.2 Å². The number of hydrogen-bond donors (Lipinski definition) is 1. The van der Waals surface area contributed by atoms with Crippen LogP contribution in [0.3, 0.4) is 0 Å². The van der Waals surface area contributed by atoms with E-state index < -0.39 is 16.7 Å². The van der Waals surface area contributed by atoms with Crippen LogP contribution in [-0.4, -0.2) is 37.3 Å². The van der Waals surface area contributed by atoms with Crippen molar-refractivity contribution < 1.29 is 9.53 Å².